The molecule has 0 aromatic heterocycles. The van der Waals surface area contributed by atoms with Gasteiger partial charge in [-0.3, -0.25) is 9.89 Å². The van der Waals surface area contributed by atoms with Gasteiger partial charge in [-0.25, -0.2) is 0 Å². The van der Waals surface area contributed by atoms with E-state index in [1.54, 1.807) is 7.11 Å². The maximum Gasteiger partial charge on any atom is 0.401 e. The highest BCUT2D eigenvalue weighted by Gasteiger charge is 2.28. The molecule has 0 aliphatic heterocycles. The van der Waals surface area contributed by atoms with Crippen LogP contribution in [-0.2, 0) is 0 Å². The second-order valence-corrected chi connectivity index (χ2v) is 6.50. The number of benzene rings is 1. The van der Waals surface area contributed by atoms with Crippen molar-refractivity contribution in [2.45, 2.75) is 32.4 Å². The molecule has 0 aliphatic carbocycles. The predicted molar refractivity (Wildman–Crippen MR) is 119 cm³/mol. The molecule has 5 nitrogen and oxygen atoms in total. The number of alkyl halides is 3. The second-order valence-electron chi connectivity index (χ2n) is 6.50. The smallest absolute Gasteiger partial charge is 0.401 e. The zero-order valence-electron chi connectivity index (χ0n) is 17.0. The number of ether oxygens (including phenoxy) is 1. The van der Waals surface area contributed by atoms with Crippen molar-refractivity contribution in [3.05, 3.63) is 29.8 Å². The first kappa shape index (κ1) is 26.8. The molecule has 1 aromatic carbocycles. The van der Waals surface area contributed by atoms with E-state index < -0.39 is 12.7 Å². The van der Waals surface area contributed by atoms with Gasteiger partial charge in [0, 0.05) is 26.2 Å². The van der Waals surface area contributed by atoms with E-state index in [2.05, 4.69) is 22.5 Å². The lowest BCUT2D eigenvalue weighted by molar-refractivity contribution is -0.142. The number of methoxy groups -OCH3 is 1. The van der Waals surface area contributed by atoms with Crippen molar-refractivity contribution in [2.75, 3.05) is 46.9 Å². The summed E-state index contributed by atoms with van der Waals surface area (Å²) in [6, 6.07) is 7.98. The van der Waals surface area contributed by atoms with Gasteiger partial charge in [-0.2, -0.15) is 13.2 Å². The van der Waals surface area contributed by atoms with Gasteiger partial charge < -0.3 is 15.4 Å². The molecule has 0 radical (unpaired) electrons. The molecule has 9 heteroatoms. The van der Waals surface area contributed by atoms with Gasteiger partial charge in [0.2, 0.25) is 0 Å². The summed E-state index contributed by atoms with van der Waals surface area (Å²) in [6.07, 6.45) is -3.30. The van der Waals surface area contributed by atoms with Crippen molar-refractivity contribution in [3.8, 4) is 5.75 Å². The van der Waals surface area contributed by atoms with Gasteiger partial charge in [0.15, 0.2) is 5.96 Å². The predicted octanol–water partition coefficient (Wildman–Crippen LogP) is 3.86. The summed E-state index contributed by atoms with van der Waals surface area (Å²) in [7, 11) is 3.10. The third kappa shape index (κ3) is 11.6. The number of hydrogen-bond donors (Lipinski definition) is 2. The quantitative estimate of drug-likeness (QED) is 0.282. The Morgan fingerprint density at radius 2 is 1.86 bits per heavy atom. The first-order chi connectivity index (χ1) is 12.7. The van der Waals surface area contributed by atoms with Crippen LogP contribution in [0.3, 0.4) is 0 Å². The highest BCUT2D eigenvalue weighted by Crippen LogP contribution is 2.21. The summed E-state index contributed by atoms with van der Waals surface area (Å²) in [5.41, 5.74) is 1.22. The number of halogens is 4. The maximum atomic E-state index is 12.3. The molecule has 0 bridgehead atoms. The van der Waals surface area contributed by atoms with Gasteiger partial charge in [0.05, 0.1) is 13.7 Å². The lowest BCUT2D eigenvalue weighted by atomic mass is 9.98. The van der Waals surface area contributed by atoms with E-state index in [0.717, 1.165) is 12.2 Å². The summed E-state index contributed by atoms with van der Waals surface area (Å²) < 4.78 is 42.2. The average molecular weight is 516 g/mol. The maximum absolute atomic E-state index is 12.3. The fraction of sp³-hybridized carbons (Fsp3) is 0.632. The van der Waals surface area contributed by atoms with Crippen LogP contribution in [0.1, 0.15) is 31.7 Å². The molecular formula is C19H32F3IN4O. The molecule has 0 heterocycles. The summed E-state index contributed by atoms with van der Waals surface area (Å²) >= 11 is 0. The third-order valence-electron chi connectivity index (χ3n) is 4.10. The van der Waals surface area contributed by atoms with Crippen molar-refractivity contribution in [3.63, 3.8) is 0 Å². The molecule has 0 saturated carbocycles. The molecule has 0 fully saturated rings. The summed E-state index contributed by atoms with van der Waals surface area (Å²) in [4.78, 5) is 5.75. The van der Waals surface area contributed by atoms with Gasteiger partial charge >= 0.3 is 6.18 Å². The molecule has 0 spiro atoms. The van der Waals surface area contributed by atoms with Crippen LogP contribution in [0.15, 0.2) is 29.3 Å². The van der Waals surface area contributed by atoms with Crippen molar-refractivity contribution < 1.29 is 17.9 Å². The van der Waals surface area contributed by atoms with Gasteiger partial charge in [-0.05, 0) is 44.0 Å². The fourth-order valence-corrected chi connectivity index (χ4v) is 2.56. The molecule has 0 saturated heterocycles. The first-order valence-corrected chi connectivity index (χ1v) is 9.16. The number of aliphatic imine (C=N–C) groups is 1. The van der Waals surface area contributed by atoms with Crippen LogP contribution in [-0.4, -0.2) is 63.9 Å². The van der Waals surface area contributed by atoms with E-state index in [0.29, 0.717) is 31.5 Å². The van der Waals surface area contributed by atoms with Crippen molar-refractivity contribution in [1.29, 1.82) is 0 Å². The SMILES string of the molecule is CCNC(=NCCC(C)c1ccc(OC)cc1)NCCN(C)CC(F)(F)F.I. The van der Waals surface area contributed by atoms with Gasteiger partial charge in [0.25, 0.3) is 0 Å². The minimum Gasteiger partial charge on any atom is -0.497 e. The zero-order valence-corrected chi connectivity index (χ0v) is 19.3. The molecular weight excluding hydrogens is 484 g/mol. The van der Waals surface area contributed by atoms with Crippen molar-refractivity contribution in [2.24, 2.45) is 4.99 Å². The Morgan fingerprint density at radius 1 is 1.21 bits per heavy atom. The first-order valence-electron chi connectivity index (χ1n) is 9.16. The van der Waals surface area contributed by atoms with Crippen LogP contribution >= 0.6 is 24.0 Å². The van der Waals surface area contributed by atoms with Crippen LogP contribution in [0, 0.1) is 0 Å². The average Bonchev–Trinajstić information content (AvgIpc) is 2.60. The Hall–Kier alpha value is -1.23. The van der Waals surface area contributed by atoms with Crippen LogP contribution < -0.4 is 15.4 Å². The van der Waals surface area contributed by atoms with E-state index in [1.807, 2.05) is 31.2 Å². The monoisotopic (exact) mass is 516 g/mol. The van der Waals surface area contributed by atoms with Crippen LogP contribution in [0.4, 0.5) is 13.2 Å². The minimum absolute atomic E-state index is 0. The van der Waals surface area contributed by atoms with E-state index in [-0.39, 0.29) is 30.5 Å². The summed E-state index contributed by atoms with van der Waals surface area (Å²) in [5, 5.41) is 6.19. The van der Waals surface area contributed by atoms with Crippen molar-refractivity contribution >= 4 is 29.9 Å². The van der Waals surface area contributed by atoms with Crippen LogP contribution in [0.5, 0.6) is 5.75 Å². The topological polar surface area (TPSA) is 48.9 Å². The van der Waals surface area contributed by atoms with Crippen LogP contribution in [0.25, 0.3) is 0 Å². The molecule has 1 atom stereocenters. The molecule has 162 valence electrons. The Balaban J connectivity index is 0.00000729. The van der Waals surface area contributed by atoms with Crippen LogP contribution in [0.2, 0.25) is 0 Å². The van der Waals surface area contributed by atoms with Gasteiger partial charge in [-0.1, -0.05) is 19.1 Å². The van der Waals surface area contributed by atoms with E-state index in [4.69, 9.17) is 4.74 Å². The summed E-state index contributed by atoms with van der Waals surface area (Å²) in [5.74, 6) is 1.80. The Kier molecular flexibility index (Phi) is 13.3. The molecule has 2 N–H and O–H groups in total. The Morgan fingerprint density at radius 3 is 2.39 bits per heavy atom. The number of hydrogen-bond acceptors (Lipinski definition) is 3. The lowest BCUT2D eigenvalue weighted by Crippen LogP contribution is -2.42. The molecule has 1 unspecified atom stereocenters. The number of rotatable bonds is 10. The van der Waals surface area contributed by atoms with Gasteiger partial charge in [0.1, 0.15) is 5.75 Å². The number of nitrogens with zero attached hydrogens (tertiary/aromatic N) is 2. The van der Waals surface area contributed by atoms with E-state index >= 15 is 0 Å². The van der Waals surface area contributed by atoms with E-state index in [9.17, 15) is 13.2 Å². The second kappa shape index (κ2) is 13.9. The summed E-state index contributed by atoms with van der Waals surface area (Å²) in [6.45, 7) is 5.18. The zero-order chi connectivity index (χ0) is 20.3. The largest absolute Gasteiger partial charge is 0.497 e. The number of guanidine groups is 1. The van der Waals surface area contributed by atoms with Gasteiger partial charge in [-0.15, -0.1) is 24.0 Å². The molecule has 1 aromatic rings. The third-order valence-corrected chi connectivity index (χ3v) is 4.10. The molecule has 0 amide bonds. The van der Waals surface area contributed by atoms with E-state index in [1.165, 1.54) is 17.5 Å². The standard InChI is InChI=1S/C19H31F3N4O.HI/c1-5-23-18(25-12-13-26(3)14-19(20,21)22)24-11-10-15(2)16-6-8-17(27-4)9-7-16;/h6-9,15H,5,10-14H2,1-4H3,(H2,23,24,25);1H. The highest BCUT2D eigenvalue weighted by molar-refractivity contribution is 14.0. The van der Waals surface area contributed by atoms with Crippen molar-refractivity contribution in [1.82, 2.24) is 15.5 Å². The normalized spacial score (nSPS) is 13.1. The lowest BCUT2D eigenvalue weighted by Gasteiger charge is -2.19. The molecule has 1 rings (SSSR count). The Labute approximate surface area is 183 Å². The molecule has 28 heavy (non-hydrogen) atoms. The number of nitrogens with one attached hydrogen (secondary N) is 2. The fourth-order valence-electron chi connectivity index (χ4n) is 2.56. The Bertz CT molecular complexity index is 567. The minimum atomic E-state index is -4.18. The number of likely N-dealkylation sites (N-methyl/N-ethyl adjacent to an activating group) is 1. The highest BCUT2D eigenvalue weighted by atomic mass is 127. The molecule has 0 aliphatic rings.